The molecule has 0 fully saturated rings. The summed E-state index contributed by atoms with van der Waals surface area (Å²) >= 11 is 0. The normalized spacial score (nSPS) is 11.4. The van der Waals surface area contributed by atoms with E-state index in [-0.39, 0.29) is 16.5 Å². The highest BCUT2D eigenvalue weighted by molar-refractivity contribution is 6.06. The lowest BCUT2D eigenvalue weighted by atomic mass is 9.87. The van der Waals surface area contributed by atoms with Crippen LogP contribution >= 0.6 is 0 Å². The lowest BCUT2D eigenvalue weighted by Crippen LogP contribution is -2.13. The van der Waals surface area contributed by atoms with E-state index < -0.39 is 27.1 Å². The number of oxazole rings is 1. The molecule has 0 saturated heterocycles. The first-order valence-corrected chi connectivity index (χ1v) is 10.7. The number of nitrogens with zero attached hydrogens (tertiary/aromatic N) is 3. The predicted molar refractivity (Wildman–Crippen MR) is 131 cm³/mol. The van der Waals surface area contributed by atoms with Crippen LogP contribution in [-0.2, 0) is 5.41 Å². The minimum absolute atomic E-state index is 0.0191. The Morgan fingerprint density at radius 3 is 2.09 bits per heavy atom. The van der Waals surface area contributed by atoms with E-state index in [4.69, 9.17) is 4.42 Å². The summed E-state index contributed by atoms with van der Waals surface area (Å²) in [5.41, 5.74) is 2.05. The van der Waals surface area contributed by atoms with Crippen molar-refractivity contribution in [3.05, 3.63) is 91.5 Å². The molecule has 4 aromatic rings. The van der Waals surface area contributed by atoms with Crippen molar-refractivity contribution in [3.63, 3.8) is 0 Å². The van der Waals surface area contributed by atoms with Crippen LogP contribution < -0.4 is 5.32 Å². The van der Waals surface area contributed by atoms with Gasteiger partial charge < -0.3 is 9.73 Å². The van der Waals surface area contributed by atoms with Crippen LogP contribution in [0.25, 0.3) is 22.6 Å². The van der Waals surface area contributed by atoms with E-state index in [1.807, 2.05) is 24.3 Å². The van der Waals surface area contributed by atoms with Crippen LogP contribution in [0, 0.1) is 27.2 Å². The average Bonchev–Trinajstić information content (AvgIpc) is 3.21. The zero-order valence-corrected chi connectivity index (χ0v) is 19.5. The van der Waals surface area contributed by atoms with Crippen molar-refractivity contribution in [1.29, 1.82) is 0 Å². The summed E-state index contributed by atoms with van der Waals surface area (Å²) in [6.45, 7) is 7.66. The van der Waals surface area contributed by atoms with Crippen molar-refractivity contribution >= 4 is 34.1 Å². The Morgan fingerprint density at radius 2 is 1.54 bits per heavy atom. The summed E-state index contributed by atoms with van der Waals surface area (Å²) in [4.78, 5) is 38.3. The van der Waals surface area contributed by atoms with E-state index in [1.54, 1.807) is 18.2 Å². The number of amides is 1. The molecule has 0 radical (unpaired) electrons. The Hall–Kier alpha value is -4.60. The number of rotatable bonds is 5. The molecule has 10 nitrogen and oxygen atoms in total. The molecule has 1 heterocycles. The van der Waals surface area contributed by atoms with E-state index in [2.05, 4.69) is 31.1 Å². The SMILES string of the molecule is Cc1c([N+](=O)[O-])cc(C(=O)Nc2ccc3oc(-c4ccc(C(C)(C)C)cc4)nc3c2)cc1[N+](=O)[O-]. The smallest absolute Gasteiger partial charge is 0.279 e. The molecule has 3 aromatic carbocycles. The van der Waals surface area contributed by atoms with E-state index in [0.29, 0.717) is 22.7 Å². The predicted octanol–water partition coefficient (Wildman–Crippen LogP) is 6.17. The topological polar surface area (TPSA) is 141 Å². The molecule has 0 spiro atoms. The van der Waals surface area contributed by atoms with Crippen LogP contribution in [0.1, 0.15) is 42.3 Å². The highest BCUT2D eigenvalue weighted by Crippen LogP contribution is 2.31. The molecule has 35 heavy (non-hydrogen) atoms. The van der Waals surface area contributed by atoms with Crippen molar-refractivity contribution in [2.45, 2.75) is 33.1 Å². The highest BCUT2D eigenvalue weighted by Gasteiger charge is 2.25. The standard InChI is InChI=1S/C25H22N4O6/c1-14-20(28(31)32)11-16(12-21(14)29(33)34)23(30)26-18-9-10-22-19(13-18)27-24(35-22)15-5-7-17(8-6-15)25(2,3)4/h5-13H,1-4H3,(H,26,30). The Labute approximate surface area is 199 Å². The largest absolute Gasteiger partial charge is 0.436 e. The molecular weight excluding hydrogens is 452 g/mol. The number of benzene rings is 3. The number of anilines is 1. The van der Waals surface area contributed by atoms with Crippen LogP contribution in [0.5, 0.6) is 0 Å². The summed E-state index contributed by atoms with van der Waals surface area (Å²) in [5, 5.41) is 25.2. The van der Waals surface area contributed by atoms with Gasteiger partial charge in [0, 0.05) is 23.4 Å². The fraction of sp³-hybridized carbons (Fsp3) is 0.200. The number of aromatic nitrogens is 1. The second-order valence-corrected chi connectivity index (χ2v) is 9.14. The molecule has 0 aliphatic carbocycles. The third-order valence-corrected chi connectivity index (χ3v) is 5.65. The second-order valence-electron chi connectivity index (χ2n) is 9.14. The van der Waals surface area contributed by atoms with Crippen molar-refractivity contribution in [3.8, 4) is 11.5 Å². The maximum Gasteiger partial charge on any atom is 0.279 e. The van der Waals surface area contributed by atoms with Crippen LogP contribution in [0.2, 0.25) is 0 Å². The van der Waals surface area contributed by atoms with Gasteiger partial charge in [-0.1, -0.05) is 32.9 Å². The monoisotopic (exact) mass is 474 g/mol. The van der Waals surface area contributed by atoms with Gasteiger partial charge in [-0.15, -0.1) is 0 Å². The van der Waals surface area contributed by atoms with Gasteiger partial charge in [-0.2, -0.15) is 0 Å². The molecule has 0 bridgehead atoms. The molecule has 178 valence electrons. The Kier molecular flexibility index (Phi) is 5.81. The molecular formula is C25H22N4O6. The number of hydrogen-bond acceptors (Lipinski definition) is 7. The number of carbonyl (C=O) groups excluding carboxylic acids is 1. The number of hydrogen-bond donors (Lipinski definition) is 1. The first-order valence-electron chi connectivity index (χ1n) is 10.7. The first kappa shape index (κ1) is 23.6. The van der Waals surface area contributed by atoms with E-state index in [9.17, 15) is 25.0 Å². The highest BCUT2D eigenvalue weighted by atomic mass is 16.6. The van der Waals surface area contributed by atoms with Crippen LogP contribution in [0.4, 0.5) is 17.1 Å². The molecule has 0 aliphatic heterocycles. The third-order valence-electron chi connectivity index (χ3n) is 5.65. The van der Waals surface area contributed by atoms with Gasteiger partial charge in [-0.25, -0.2) is 4.98 Å². The van der Waals surface area contributed by atoms with Gasteiger partial charge in [-0.3, -0.25) is 25.0 Å². The van der Waals surface area contributed by atoms with E-state index in [0.717, 1.165) is 17.7 Å². The summed E-state index contributed by atoms with van der Waals surface area (Å²) in [5.74, 6) is -0.300. The van der Waals surface area contributed by atoms with Crippen molar-refractivity contribution in [2.24, 2.45) is 0 Å². The van der Waals surface area contributed by atoms with Crippen molar-refractivity contribution in [1.82, 2.24) is 4.98 Å². The molecule has 0 unspecified atom stereocenters. The Bertz CT molecular complexity index is 1450. The fourth-order valence-electron chi connectivity index (χ4n) is 3.64. The number of fused-ring (bicyclic) bond motifs is 1. The lowest BCUT2D eigenvalue weighted by molar-refractivity contribution is -0.395. The van der Waals surface area contributed by atoms with Crippen LogP contribution in [-0.4, -0.2) is 20.7 Å². The zero-order valence-electron chi connectivity index (χ0n) is 19.5. The number of nitro groups is 2. The molecule has 1 amide bonds. The van der Waals surface area contributed by atoms with Crippen LogP contribution in [0.3, 0.4) is 0 Å². The number of nitrogens with one attached hydrogen (secondary N) is 1. The van der Waals surface area contributed by atoms with Crippen molar-refractivity contribution in [2.75, 3.05) is 5.32 Å². The van der Waals surface area contributed by atoms with Gasteiger partial charge >= 0.3 is 0 Å². The second kappa shape index (κ2) is 8.64. The molecule has 10 heteroatoms. The minimum atomic E-state index is -0.754. The lowest BCUT2D eigenvalue weighted by Gasteiger charge is -2.18. The minimum Gasteiger partial charge on any atom is -0.436 e. The molecule has 1 aromatic heterocycles. The Balaban J connectivity index is 1.62. The molecule has 0 saturated carbocycles. The summed E-state index contributed by atoms with van der Waals surface area (Å²) < 4.78 is 5.85. The van der Waals surface area contributed by atoms with Gasteiger partial charge in [0.25, 0.3) is 17.3 Å². The van der Waals surface area contributed by atoms with E-state index in [1.165, 1.54) is 12.5 Å². The molecule has 0 atom stereocenters. The number of carbonyl (C=O) groups is 1. The summed E-state index contributed by atoms with van der Waals surface area (Å²) in [7, 11) is 0. The summed E-state index contributed by atoms with van der Waals surface area (Å²) in [6.07, 6.45) is 0. The van der Waals surface area contributed by atoms with Gasteiger partial charge in [0.2, 0.25) is 5.89 Å². The molecule has 4 rings (SSSR count). The van der Waals surface area contributed by atoms with Gasteiger partial charge in [0.1, 0.15) is 11.1 Å². The molecule has 0 aliphatic rings. The van der Waals surface area contributed by atoms with E-state index >= 15 is 0 Å². The van der Waals surface area contributed by atoms with Gasteiger partial charge in [0.15, 0.2) is 5.58 Å². The fourth-order valence-corrected chi connectivity index (χ4v) is 3.64. The first-order chi connectivity index (χ1) is 16.4. The number of nitro benzene ring substituents is 2. The third kappa shape index (κ3) is 4.72. The summed E-state index contributed by atoms with van der Waals surface area (Å²) in [6, 6.07) is 14.8. The van der Waals surface area contributed by atoms with Crippen molar-refractivity contribution < 1.29 is 19.1 Å². The Morgan fingerprint density at radius 1 is 0.943 bits per heavy atom. The van der Waals surface area contributed by atoms with Gasteiger partial charge in [0.05, 0.1) is 15.4 Å². The van der Waals surface area contributed by atoms with Crippen LogP contribution in [0.15, 0.2) is 59.0 Å². The maximum atomic E-state index is 12.8. The average molecular weight is 474 g/mol. The van der Waals surface area contributed by atoms with Gasteiger partial charge in [-0.05, 0) is 48.2 Å². The maximum absolute atomic E-state index is 12.8. The zero-order chi connectivity index (χ0) is 25.5. The molecule has 1 N–H and O–H groups in total. The quantitative estimate of drug-likeness (QED) is 0.269.